The van der Waals surface area contributed by atoms with E-state index in [-0.39, 0.29) is 6.07 Å². The van der Waals surface area contributed by atoms with Crippen molar-refractivity contribution >= 4 is 5.97 Å². The minimum atomic E-state index is -5.31. The van der Waals surface area contributed by atoms with Crippen molar-refractivity contribution in [3.8, 4) is 0 Å². The molecule has 0 N–H and O–H groups in total. The number of ether oxygens (including phenoxy) is 1. The molecule has 1 rings (SSSR count). The average Bonchev–Trinajstić information content (AvgIpc) is 2.24. The van der Waals surface area contributed by atoms with Crippen molar-refractivity contribution in [3.63, 3.8) is 0 Å². The Balaban J connectivity index is 3.61. The molecule has 0 saturated heterocycles. The number of carbonyl (C=O) groups is 1. The van der Waals surface area contributed by atoms with Gasteiger partial charge in [-0.05, 0) is 12.1 Å². The van der Waals surface area contributed by atoms with Crippen LogP contribution in [-0.4, -0.2) is 13.1 Å². The van der Waals surface area contributed by atoms with Gasteiger partial charge in [0.1, 0.15) is 0 Å². The number of carbonyl (C=O) groups excluding carboxylic acids is 1. The summed E-state index contributed by atoms with van der Waals surface area (Å²) in [7, 11) is 0.781. The van der Waals surface area contributed by atoms with E-state index in [1.165, 1.54) is 0 Å². The first-order chi connectivity index (χ1) is 8.09. The van der Waals surface area contributed by atoms with Gasteiger partial charge in [-0.1, -0.05) is 6.07 Å². The Hall–Kier alpha value is -1.73. The van der Waals surface area contributed by atoms with Gasteiger partial charge in [0.25, 0.3) is 0 Å². The summed E-state index contributed by atoms with van der Waals surface area (Å²) in [6.07, 6.45) is -10.5. The molecule has 0 aliphatic rings. The molecule has 1 aromatic rings. The van der Waals surface area contributed by atoms with Gasteiger partial charge in [-0.3, -0.25) is 0 Å². The molecule has 0 bridgehead atoms. The summed E-state index contributed by atoms with van der Waals surface area (Å²) >= 11 is 0. The van der Waals surface area contributed by atoms with Gasteiger partial charge < -0.3 is 4.74 Å². The molecule has 0 radical (unpaired) electrons. The van der Waals surface area contributed by atoms with Gasteiger partial charge in [-0.15, -0.1) is 0 Å². The summed E-state index contributed by atoms with van der Waals surface area (Å²) in [5.41, 5.74) is -5.12. The summed E-state index contributed by atoms with van der Waals surface area (Å²) in [6, 6.07) is 1.60. The van der Waals surface area contributed by atoms with Gasteiger partial charge in [-0.2, -0.15) is 26.3 Å². The topological polar surface area (TPSA) is 26.3 Å². The Bertz CT molecular complexity index is 460. The predicted molar refractivity (Wildman–Crippen MR) is 47.8 cm³/mol. The molecule has 1 aromatic carbocycles. The molecular formula is C10H6F6O2. The Labute approximate surface area is 97.2 Å². The van der Waals surface area contributed by atoms with Crippen molar-refractivity contribution in [2.24, 2.45) is 0 Å². The molecular weight excluding hydrogens is 266 g/mol. The highest BCUT2D eigenvalue weighted by atomic mass is 19.4. The third-order valence-corrected chi connectivity index (χ3v) is 2.06. The third-order valence-electron chi connectivity index (χ3n) is 2.06. The van der Waals surface area contributed by atoms with Crippen LogP contribution in [0, 0.1) is 0 Å². The van der Waals surface area contributed by atoms with E-state index in [0.29, 0.717) is 12.1 Å². The van der Waals surface area contributed by atoms with Crippen LogP contribution in [0.25, 0.3) is 0 Å². The van der Waals surface area contributed by atoms with Crippen LogP contribution < -0.4 is 0 Å². The summed E-state index contributed by atoms with van der Waals surface area (Å²) in [4.78, 5) is 11.1. The van der Waals surface area contributed by atoms with Gasteiger partial charge >= 0.3 is 18.3 Å². The largest absolute Gasteiger partial charge is 0.465 e. The van der Waals surface area contributed by atoms with Crippen LogP contribution in [-0.2, 0) is 17.1 Å². The summed E-state index contributed by atoms with van der Waals surface area (Å²) in [5.74, 6) is -1.48. The average molecular weight is 272 g/mol. The van der Waals surface area contributed by atoms with Crippen molar-refractivity contribution < 1.29 is 35.9 Å². The number of rotatable bonds is 1. The maximum Gasteiger partial charge on any atom is 0.417 e. The number of hydrogen-bond acceptors (Lipinski definition) is 2. The van der Waals surface area contributed by atoms with E-state index in [0.717, 1.165) is 7.11 Å². The Morgan fingerprint density at radius 2 is 1.61 bits per heavy atom. The van der Waals surface area contributed by atoms with Crippen LogP contribution in [0.5, 0.6) is 0 Å². The number of esters is 1. The molecule has 0 saturated carbocycles. The number of halogens is 6. The number of hydrogen-bond donors (Lipinski definition) is 0. The minimum absolute atomic E-state index is 0.259. The highest BCUT2D eigenvalue weighted by Crippen LogP contribution is 2.42. The number of methoxy groups -OCH3 is 1. The fourth-order valence-corrected chi connectivity index (χ4v) is 1.37. The van der Waals surface area contributed by atoms with Crippen LogP contribution in [0.3, 0.4) is 0 Å². The first kappa shape index (κ1) is 14.3. The molecule has 8 heteroatoms. The van der Waals surface area contributed by atoms with Gasteiger partial charge in [0.15, 0.2) is 0 Å². The van der Waals surface area contributed by atoms with E-state index >= 15 is 0 Å². The Kier molecular flexibility index (Phi) is 3.59. The smallest absolute Gasteiger partial charge is 0.417 e. The molecule has 2 nitrogen and oxygen atoms in total. The summed E-state index contributed by atoms with van der Waals surface area (Å²) in [6.45, 7) is 0. The second kappa shape index (κ2) is 4.51. The molecule has 18 heavy (non-hydrogen) atoms. The first-order valence-corrected chi connectivity index (χ1v) is 4.44. The standard InChI is InChI=1S/C10H6F6O2/c1-18-8(17)5-3-2-4-6(9(11,12)13)7(5)10(14,15)16/h2-4H,1H3. The number of alkyl halides is 6. The van der Waals surface area contributed by atoms with Crippen LogP contribution >= 0.6 is 0 Å². The molecule has 0 amide bonds. The Morgan fingerprint density at radius 1 is 1.06 bits per heavy atom. The van der Waals surface area contributed by atoms with Crippen LogP contribution in [0.15, 0.2) is 18.2 Å². The van der Waals surface area contributed by atoms with Crippen LogP contribution in [0.2, 0.25) is 0 Å². The van der Waals surface area contributed by atoms with Crippen LogP contribution in [0.4, 0.5) is 26.3 Å². The fraction of sp³-hybridized carbons (Fsp3) is 0.300. The normalized spacial score (nSPS) is 12.4. The van der Waals surface area contributed by atoms with E-state index < -0.39 is 35.0 Å². The fourth-order valence-electron chi connectivity index (χ4n) is 1.37. The predicted octanol–water partition coefficient (Wildman–Crippen LogP) is 3.51. The van der Waals surface area contributed by atoms with E-state index in [4.69, 9.17) is 0 Å². The summed E-state index contributed by atoms with van der Waals surface area (Å²) in [5, 5.41) is 0. The zero-order chi connectivity index (χ0) is 14.1. The van der Waals surface area contributed by atoms with Crippen molar-refractivity contribution in [2.75, 3.05) is 7.11 Å². The van der Waals surface area contributed by atoms with Gasteiger partial charge in [0.2, 0.25) is 0 Å². The Morgan fingerprint density at radius 3 is 2.00 bits per heavy atom. The molecule has 0 heterocycles. The monoisotopic (exact) mass is 272 g/mol. The number of benzene rings is 1. The van der Waals surface area contributed by atoms with E-state index in [1.807, 2.05) is 0 Å². The highest BCUT2D eigenvalue weighted by molar-refractivity contribution is 5.91. The minimum Gasteiger partial charge on any atom is -0.465 e. The maximum absolute atomic E-state index is 12.6. The second-order valence-electron chi connectivity index (χ2n) is 3.22. The lowest BCUT2D eigenvalue weighted by Gasteiger charge is -2.17. The molecule has 0 aliphatic carbocycles. The molecule has 0 aliphatic heterocycles. The third kappa shape index (κ3) is 2.74. The molecule has 100 valence electrons. The van der Waals surface area contributed by atoms with Crippen molar-refractivity contribution in [1.82, 2.24) is 0 Å². The first-order valence-electron chi connectivity index (χ1n) is 4.44. The van der Waals surface area contributed by atoms with Crippen molar-refractivity contribution in [1.29, 1.82) is 0 Å². The van der Waals surface area contributed by atoms with Gasteiger partial charge in [0.05, 0.1) is 23.8 Å². The summed E-state index contributed by atoms with van der Waals surface area (Å²) < 4.78 is 79.3. The molecule has 0 unspecified atom stereocenters. The second-order valence-corrected chi connectivity index (χ2v) is 3.22. The van der Waals surface area contributed by atoms with E-state index in [2.05, 4.69) is 4.74 Å². The quantitative estimate of drug-likeness (QED) is 0.577. The molecule has 0 spiro atoms. The zero-order valence-electron chi connectivity index (χ0n) is 8.82. The van der Waals surface area contributed by atoms with Crippen LogP contribution in [0.1, 0.15) is 21.5 Å². The van der Waals surface area contributed by atoms with Gasteiger partial charge in [0, 0.05) is 0 Å². The molecule has 0 atom stereocenters. The highest BCUT2D eigenvalue weighted by Gasteiger charge is 2.45. The lowest BCUT2D eigenvalue weighted by atomic mass is 10.00. The van der Waals surface area contributed by atoms with Crippen molar-refractivity contribution in [3.05, 3.63) is 34.9 Å². The molecule has 0 aromatic heterocycles. The van der Waals surface area contributed by atoms with E-state index in [1.54, 1.807) is 0 Å². The van der Waals surface area contributed by atoms with Crippen molar-refractivity contribution in [2.45, 2.75) is 12.4 Å². The SMILES string of the molecule is COC(=O)c1cccc(C(F)(F)F)c1C(F)(F)F. The maximum atomic E-state index is 12.6. The zero-order valence-corrected chi connectivity index (χ0v) is 8.82. The van der Waals surface area contributed by atoms with Gasteiger partial charge in [-0.25, -0.2) is 4.79 Å². The lowest BCUT2D eigenvalue weighted by molar-refractivity contribution is -0.162. The molecule has 0 fully saturated rings. The van der Waals surface area contributed by atoms with E-state index in [9.17, 15) is 31.1 Å². The lowest BCUT2D eigenvalue weighted by Crippen LogP contribution is -2.21.